The molecule has 0 aliphatic heterocycles. The van der Waals surface area contributed by atoms with E-state index in [2.05, 4.69) is 37.1 Å². The number of anilines is 2. The van der Waals surface area contributed by atoms with Crippen molar-refractivity contribution in [3.8, 4) is 0 Å². The molecule has 0 bridgehead atoms. The zero-order chi connectivity index (χ0) is 19.6. The molecule has 2 rings (SSSR count). The van der Waals surface area contributed by atoms with Crippen molar-refractivity contribution in [1.29, 1.82) is 0 Å². The third kappa shape index (κ3) is 6.44. The number of pyridine rings is 1. The van der Waals surface area contributed by atoms with Gasteiger partial charge in [0, 0.05) is 19.6 Å². The summed E-state index contributed by atoms with van der Waals surface area (Å²) in [7, 11) is 1.98. The summed E-state index contributed by atoms with van der Waals surface area (Å²) in [5, 5.41) is 16.3. The molecule has 2 heterocycles. The van der Waals surface area contributed by atoms with Crippen molar-refractivity contribution in [2.45, 2.75) is 6.42 Å². The molecule has 0 radical (unpaired) electrons. The highest BCUT2D eigenvalue weighted by Gasteiger charge is 2.09. The van der Waals surface area contributed by atoms with Gasteiger partial charge in [-0.2, -0.15) is 0 Å². The maximum Gasteiger partial charge on any atom is 0.305 e. The van der Waals surface area contributed by atoms with Gasteiger partial charge in [-0.1, -0.05) is 6.08 Å². The van der Waals surface area contributed by atoms with E-state index in [1.54, 1.807) is 12.1 Å². The summed E-state index contributed by atoms with van der Waals surface area (Å²) in [5.74, 6) is -0.0626. The lowest BCUT2D eigenvalue weighted by Crippen LogP contribution is -2.33. The Balaban J connectivity index is 1.84. The molecule has 0 aliphatic rings. The smallest absolute Gasteiger partial charge is 0.305 e. The molecule has 0 unspecified atom stereocenters. The Kier molecular flexibility index (Phi) is 7.32. The largest absolute Gasteiger partial charge is 0.349 e. The van der Waals surface area contributed by atoms with Crippen LogP contribution in [-0.2, 0) is 0 Å². The number of hydrogen-bond acceptors (Lipinski definition) is 8. The SMILES string of the molecule is C=CCCN(C)CCNC(=O)c1ccc(Nc2ncc([N+](=O)[O-])cn2)cn1. The first-order chi connectivity index (χ1) is 13.0. The van der Waals surface area contributed by atoms with Crippen LogP contribution in [0.4, 0.5) is 17.3 Å². The number of likely N-dealkylation sites (N-methyl/N-ethyl adjacent to an activating group) is 1. The molecule has 10 heteroatoms. The van der Waals surface area contributed by atoms with E-state index in [0.717, 1.165) is 31.9 Å². The number of nitro groups is 1. The first kappa shape index (κ1) is 19.9. The molecule has 0 atom stereocenters. The minimum Gasteiger partial charge on any atom is -0.349 e. The number of nitrogens with one attached hydrogen (secondary N) is 2. The molecule has 1 amide bonds. The number of hydrogen-bond donors (Lipinski definition) is 2. The third-order valence-electron chi connectivity index (χ3n) is 3.60. The molecule has 0 fully saturated rings. The van der Waals surface area contributed by atoms with E-state index < -0.39 is 4.92 Å². The van der Waals surface area contributed by atoms with E-state index in [9.17, 15) is 14.9 Å². The van der Waals surface area contributed by atoms with Crippen LogP contribution in [0.25, 0.3) is 0 Å². The average molecular weight is 371 g/mol. The Morgan fingerprint density at radius 2 is 2.00 bits per heavy atom. The van der Waals surface area contributed by atoms with Gasteiger partial charge < -0.3 is 15.5 Å². The van der Waals surface area contributed by atoms with Crippen LogP contribution in [0.5, 0.6) is 0 Å². The number of nitrogens with zero attached hydrogens (tertiary/aromatic N) is 5. The number of aromatic nitrogens is 3. The second-order valence-electron chi connectivity index (χ2n) is 5.72. The summed E-state index contributed by atoms with van der Waals surface area (Å²) >= 11 is 0. The monoisotopic (exact) mass is 371 g/mol. The van der Waals surface area contributed by atoms with Gasteiger partial charge in [-0.15, -0.1) is 6.58 Å². The normalized spacial score (nSPS) is 10.4. The maximum absolute atomic E-state index is 12.1. The van der Waals surface area contributed by atoms with Crippen LogP contribution in [0.15, 0.2) is 43.4 Å². The van der Waals surface area contributed by atoms with Crippen LogP contribution in [0, 0.1) is 10.1 Å². The van der Waals surface area contributed by atoms with Crippen molar-refractivity contribution in [3.05, 3.63) is 59.2 Å². The van der Waals surface area contributed by atoms with Crippen LogP contribution < -0.4 is 10.6 Å². The van der Waals surface area contributed by atoms with Gasteiger partial charge in [0.2, 0.25) is 5.95 Å². The number of rotatable bonds is 10. The second kappa shape index (κ2) is 9.92. The molecule has 142 valence electrons. The number of amides is 1. The minimum absolute atomic E-state index is 0.194. The van der Waals surface area contributed by atoms with Gasteiger partial charge in [0.25, 0.3) is 5.91 Å². The minimum atomic E-state index is -0.573. The lowest BCUT2D eigenvalue weighted by molar-refractivity contribution is -0.385. The zero-order valence-electron chi connectivity index (χ0n) is 15.0. The Morgan fingerprint density at radius 1 is 1.26 bits per heavy atom. The molecular weight excluding hydrogens is 350 g/mol. The van der Waals surface area contributed by atoms with Crippen LogP contribution in [0.3, 0.4) is 0 Å². The highest BCUT2D eigenvalue weighted by Crippen LogP contribution is 2.14. The predicted molar refractivity (Wildman–Crippen MR) is 101 cm³/mol. The van der Waals surface area contributed by atoms with Gasteiger partial charge in [-0.3, -0.25) is 14.9 Å². The molecule has 0 saturated carbocycles. The molecule has 0 aliphatic carbocycles. The Bertz CT molecular complexity index is 778. The van der Waals surface area contributed by atoms with Gasteiger partial charge in [0.15, 0.2) is 0 Å². The van der Waals surface area contributed by atoms with Gasteiger partial charge in [-0.05, 0) is 25.6 Å². The quantitative estimate of drug-likeness (QED) is 0.367. The molecule has 0 spiro atoms. The molecule has 2 aromatic rings. The molecule has 2 N–H and O–H groups in total. The van der Waals surface area contributed by atoms with E-state index in [1.807, 2.05) is 13.1 Å². The van der Waals surface area contributed by atoms with Crippen LogP contribution >= 0.6 is 0 Å². The van der Waals surface area contributed by atoms with Crippen molar-refractivity contribution >= 4 is 23.2 Å². The first-order valence-electron chi connectivity index (χ1n) is 8.26. The second-order valence-corrected chi connectivity index (χ2v) is 5.72. The molecule has 2 aromatic heterocycles. The van der Waals surface area contributed by atoms with E-state index in [-0.39, 0.29) is 17.5 Å². The highest BCUT2D eigenvalue weighted by molar-refractivity contribution is 5.92. The lowest BCUT2D eigenvalue weighted by Gasteiger charge is -2.15. The summed E-state index contributed by atoms with van der Waals surface area (Å²) in [6.45, 7) is 5.82. The topological polar surface area (TPSA) is 126 Å². The molecule has 10 nitrogen and oxygen atoms in total. The molecule has 0 aromatic carbocycles. The number of carbonyl (C=O) groups excluding carboxylic acids is 1. The fourth-order valence-corrected chi connectivity index (χ4v) is 2.09. The summed E-state index contributed by atoms with van der Waals surface area (Å²) in [4.78, 5) is 36.0. The van der Waals surface area contributed by atoms with Gasteiger partial charge >= 0.3 is 5.69 Å². The Hall–Kier alpha value is -3.40. The van der Waals surface area contributed by atoms with E-state index in [1.165, 1.54) is 6.20 Å². The lowest BCUT2D eigenvalue weighted by atomic mass is 10.3. The summed E-state index contributed by atoms with van der Waals surface area (Å²) in [6, 6.07) is 3.23. The number of carbonyl (C=O) groups is 1. The first-order valence-corrected chi connectivity index (χ1v) is 8.26. The van der Waals surface area contributed by atoms with Crippen molar-refractivity contribution in [1.82, 2.24) is 25.2 Å². The summed E-state index contributed by atoms with van der Waals surface area (Å²) in [6.07, 6.45) is 6.44. The highest BCUT2D eigenvalue weighted by atomic mass is 16.6. The summed E-state index contributed by atoms with van der Waals surface area (Å²) < 4.78 is 0. The molecule has 0 saturated heterocycles. The van der Waals surface area contributed by atoms with E-state index in [4.69, 9.17) is 0 Å². The molecular formula is C17H21N7O3. The van der Waals surface area contributed by atoms with E-state index >= 15 is 0 Å². The third-order valence-corrected chi connectivity index (χ3v) is 3.60. The van der Waals surface area contributed by atoms with Crippen LogP contribution in [0.1, 0.15) is 16.9 Å². The average Bonchev–Trinajstić information content (AvgIpc) is 2.67. The fraction of sp³-hybridized carbons (Fsp3) is 0.294. The standard InChI is InChI=1S/C17H21N7O3/c1-3-4-8-23(2)9-7-18-16(25)15-6-5-13(10-19-15)22-17-20-11-14(12-21-17)24(26)27/h3,5-6,10-12H,1,4,7-9H2,2H3,(H,18,25)(H,20,21,22). The fourth-order valence-electron chi connectivity index (χ4n) is 2.09. The van der Waals surface area contributed by atoms with Crippen LogP contribution in [0.2, 0.25) is 0 Å². The van der Waals surface area contributed by atoms with Crippen molar-refractivity contribution < 1.29 is 9.72 Å². The van der Waals surface area contributed by atoms with Gasteiger partial charge in [0.1, 0.15) is 18.1 Å². The zero-order valence-corrected chi connectivity index (χ0v) is 15.0. The molecule has 27 heavy (non-hydrogen) atoms. The Morgan fingerprint density at radius 3 is 2.59 bits per heavy atom. The van der Waals surface area contributed by atoms with Crippen molar-refractivity contribution in [2.24, 2.45) is 0 Å². The Labute approximate surface area is 156 Å². The summed E-state index contributed by atoms with van der Waals surface area (Å²) in [5.41, 5.74) is 0.657. The van der Waals surface area contributed by atoms with Gasteiger partial charge in [0.05, 0.1) is 16.8 Å². The van der Waals surface area contributed by atoms with E-state index in [0.29, 0.717) is 17.9 Å². The van der Waals surface area contributed by atoms with Gasteiger partial charge in [-0.25, -0.2) is 15.0 Å². The predicted octanol–water partition coefficient (Wildman–Crippen LogP) is 1.76. The van der Waals surface area contributed by atoms with Crippen molar-refractivity contribution in [2.75, 3.05) is 32.0 Å². The van der Waals surface area contributed by atoms with Crippen LogP contribution in [-0.4, -0.2) is 57.4 Å². The van der Waals surface area contributed by atoms with Crippen molar-refractivity contribution in [3.63, 3.8) is 0 Å². The maximum atomic E-state index is 12.1.